The Kier molecular flexibility index (Phi) is 4.04. The molecule has 0 radical (unpaired) electrons. The van der Waals surface area contributed by atoms with Crippen LogP contribution in [0.2, 0.25) is 0 Å². The van der Waals surface area contributed by atoms with E-state index in [1.807, 2.05) is 30.3 Å². The molecule has 4 heteroatoms. The molecule has 1 aliphatic rings. The van der Waals surface area contributed by atoms with Crippen molar-refractivity contribution in [3.63, 3.8) is 0 Å². The summed E-state index contributed by atoms with van der Waals surface area (Å²) >= 11 is 0. The van der Waals surface area contributed by atoms with Crippen molar-refractivity contribution >= 4 is 5.91 Å². The van der Waals surface area contributed by atoms with Gasteiger partial charge >= 0.3 is 0 Å². The fraction of sp³-hybridized carbons (Fsp3) is 0.412. The summed E-state index contributed by atoms with van der Waals surface area (Å²) in [6, 6.07) is 10.0. The van der Waals surface area contributed by atoms with Crippen LogP contribution in [0.15, 0.2) is 34.9 Å². The van der Waals surface area contributed by atoms with E-state index < -0.39 is 0 Å². The summed E-state index contributed by atoms with van der Waals surface area (Å²) in [6.45, 7) is 2.07. The molecule has 21 heavy (non-hydrogen) atoms. The molecule has 4 nitrogen and oxygen atoms in total. The molecular formula is C17H20N2O2. The number of hydrogen-bond donors (Lipinski definition) is 1. The molecule has 1 aliphatic carbocycles. The zero-order chi connectivity index (χ0) is 14.7. The summed E-state index contributed by atoms with van der Waals surface area (Å²) in [6.07, 6.45) is 4.85. The van der Waals surface area contributed by atoms with Crippen LogP contribution in [-0.4, -0.2) is 11.1 Å². The van der Waals surface area contributed by atoms with E-state index in [0.717, 1.165) is 49.0 Å². The number of aromatic nitrogens is 1. The molecule has 1 unspecified atom stereocenters. The Hall–Kier alpha value is -2.10. The third kappa shape index (κ3) is 2.84. The minimum atomic E-state index is -0.127. The number of carbonyl (C=O) groups is 1. The topological polar surface area (TPSA) is 55.1 Å². The average Bonchev–Trinajstić information content (AvgIpc) is 2.97. The van der Waals surface area contributed by atoms with Crippen molar-refractivity contribution in [1.29, 1.82) is 0 Å². The van der Waals surface area contributed by atoms with Gasteiger partial charge in [-0.2, -0.15) is 0 Å². The number of hydrogen-bond acceptors (Lipinski definition) is 3. The van der Waals surface area contributed by atoms with Gasteiger partial charge in [-0.1, -0.05) is 42.4 Å². The van der Waals surface area contributed by atoms with Crippen LogP contribution in [-0.2, 0) is 12.8 Å². The first kappa shape index (κ1) is 13.9. The minimum absolute atomic E-state index is 0.00893. The molecule has 1 atom stereocenters. The molecular weight excluding hydrogens is 264 g/mol. The monoisotopic (exact) mass is 284 g/mol. The number of nitrogens with zero attached hydrogens (tertiary/aromatic N) is 1. The number of fused-ring (bicyclic) bond motifs is 1. The molecule has 0 bridgehead atoms. The van der Waals surface area contributed by atoms with E-state index in [4.69, 9.17) is 4.52 Å². The predicted octanol–water partition coefficient (Wildman–Crippen LogP) is 3.43. The highest BCUT2D eigenvalue weighted by Gasteiger charge is 2.25. The Balaban J connectivity index is 1.78. The molecule has 1 N–H and O–H groups in total. The van der Waals surface area contributed by atoms with Gasteiger partial charge in [-0.05, 0) is 31.2 Å². The Morgan fingerprint density at radius 2 is 2.05 bits per heavy atom. The Morgan fingerprint density at radius 3 is 2.81 bits per heavy atom. The number of rotatable bonds is 4. The van der Waals surface area contributed by atoms with E-state index >= 15 is 0 Å². The van der Waals surface area contributed by atoms with Crippen molar-refractivity contribution in [1.82, 2.24) is 10.5 Å². The number of carbonyl (C=O) groups excluding carboxylic acids is 1. The first-order valence-corrected chi connectivity index (χ1v) is 7.62. The van der Waals surface area contributed by atoms with E-state index in [-0.39, 0.29) is 11.9 Å². The van der Waals surface area contributed by atoms with Crippen LogP contribution in [0.5, 0.6) is 0 Å². The molecule has 0 saturated carbocycles. The molecule has 1 amide bonds. The molecule has 3 rings (SSSR count). The maximum atomic E-state index is 12.5. The lowest BCUT2D eigenvalue weighted by atomic mass is 9.96. The fourth-order valence-electron chi connectivity index (χ4n) is 2.90. The third-order valence-corrected chi connectivity index (χ3v) is 4.08. The largest absolute Gasteiger partial charge is 0.360 e. The van der Waals surface area contributed by atoms with Crippen LogP contribution >= 0.6 is 0 Å². The lowest BCUT2D eigenvalue weighted by Crippen LogP contribution is -2.29. The Morgan fingerprint density at radius 1 is 1.29 bits per heavy atom. The molecule has 1 aromatic carbocycles. The highest BCUT2D eigenvalue weighted by Crippen LogP contribution is 2.25. The lowest BCUT2D eigenvalue weighted by Gasteiger charge is -2.17. The van der Waals surface area contributed by atoms with Gasteiger partial charge in [0.05, 0.1) is 6.04 Å². The maximum absolute atomic E-state index is 12.5. The van der Waals surface area contributed by atoms with Gasteiger partial charge < -0.3 is 9.84 Å². The van der Waals surface area contributed by atoms with E-state index in [9.17, 15) is 4.79 Å². The lowest BCUT2D eigenvalue weighted by molar-refractivity contribution is 0.0925. The summed E-state index contributed by atoms with van der Waals surface area (Å²) < 4.78 is 5.32. The van der Waals surface area contributed by atoms with Gasteiger partial charge in [-0.15, -0.1) is 0 Å². The van der Waals surface area contributed by atoms with Crippen molar-refractivity contribution in [3.8, 4) is 0 Å². The van der Waals surface area contributed by atoms with Gasteiger partial charge in [-0.25, -0.2) is 0 Å². The molecule has 1 aromatic heterocycles. The van der Waals surface area contributed by atoms with Crippen LogP contribution in [0.25, 0.3) is 0 Å². The fourth-order valence-corrected chi connectivity index (χ4v) is 2.90. The van der Waals surface area contributed by atoms with Crippen molar-refractivity contribution < 1.29 is 9.32 Å². The molecule has 0 saturated heterocycles. The Labute approximate surface area is 124 Å². The summed E-state index contributed by atoms with van der Waals surface area (Å²) in [7, 11) is 0. The smallest absolute Gasteiger partial charge is 0.274 e. The predicted molar refractivity (Wildman–Crippen MR) is 80.1 cm³/mol. The first-order valence-electron chi connectivity index (χ1n) is 7.62. The second-order valence-corrected chi connectivity index (χ2v) is 5.48. The van der Waals surface area contributed by atoms with Crippen molar-refractivity contribution in [3.05, 3.63) is 52.9 Å². The van der Waals surface area contributed by atoms with E-state index in [1.54, 1.807) is 0 Å². The van der Waals surface area contributed by atoms with Crippen LogP contribution in [0.1, 0.15) is 59.6 Å². The van der Waals surface area contributed by atoms with Gasteiger partial charge in [0.2, 0.25) is 0 Å². The first-order chi connectivity index (χ1) is 10.3. The highest BCUT2D eigenvalue weighted by atomic mass is 16.5. The van der Waals surface area contributed by atoms with Crippen molar-refractivity contribution in [2.24, 2.45) is 0 Å². The number of benzene rings is 1. The van der Waals surface area contributed by atoms with E-state index in [0.29, 0.717) is 5.69 Å². The quantitative estimate of drug-likeness (QED) is 0.935. The van der Waals surface area contributed by atoms with Gasteiger partial charge in [0.15, 0.2) is 5.69 Å². The van der Waals surface area contributed by atoms with Gasteiger partial charge in [-0.3, -0.25) is 4.79 Å². The summed E-state index contributed by atoms with van der Waals surface area (Å²) in [5.74, 6) is 0.761. The SMILES string of the molecule is CCC(NC(=O)c1noc2c1CCCC2)c1ccccc1. The van der Waals surface area contributed by atoms with Crippen LogP contribution < -0.4 is 5.32 Å². The van der Waals surface area contributed by atoms with E-state index in [2.05, 4.69) is 17.4 Å². The number of nitrogens with one attached hydrogen (secondary N) is 1. The second kappa shape index (κ2) is 6.12. The molecule has 0 fully saturated rings. The molecule has 110 valence electrons. The van der Waals surface area contributed by atoms with Crippen LogP contribution in [0.4, 0.5) is 0 Å². The van der Waals surface area contributed by atoms with Gasteiger partial charge in [0, 0.05) is 12.0 Å². The zero-order valence-corrected chi connectivity index (χ0v) is 12.3. The normalized spacial score (nSPS) is 15.3. The summed E-state index contributed by atoms with van der Waals surface area (Å²) in [4.78, 5) is 12.5. The highest BCUT2D eigenvalue weighted by molar-refractivity contribution is 5.94. The number of aryl methyl sites for hydroxylation is 1. The summed E-state index contributed by atoms with van der Waals surface area (Å²) in [5, 5.41) is 7.07. The van der Waals surface area contributed by atoms with Crippen molar-refractivity contribution in [2.45, 2.75) is 45.1 Å². The molecule has 0 spiro atoms. The van der Waals surface area contributed by atoms with E-state index in [1.165, 1.54) is 0 Å². The van der Waals surface area contributed by atoms with Crippen molar-refractivity contribution in [2.75, 3.05) is 0 Å². The van der Waals surface area contributed by atoms with Crippen LogP contribution in [0, 0.1) is 0 Å². The average molecular weight is 284 g/mol. The number of amides is 1. The summed E-state index contributed by atoms with van der Waals surface area (Å²) in [5.41, 5.74) is 2.59. The van der Waals surface area contributed by atoms with Gasteiger partial charge in [0.1, 0.15) is 5.76 Å². The minimum Gasteiger partial charge on any atom is -0.360 e. The van der Waals surface area contributed by atoms with Gasteiger partial charge in [0.25, 0.3) is 5.91 Å². The molecule has 2 aromatic rings. The Bertz CT molecular complexity index is 619. The standard InChI is InChI=1S/C17H20N2O2/c1-2-14(12-8-4-3-5-9-12)18-17(20)16-13-10-6-7-11-15(13)21-19-16/h3-5,8-9,14H,2,6-7,10-11H2,1H3,(H,18,20). The zero-order valence-electron chi connectivity index (χ0n) is 12.3. The molecule has 0 aliphatic heterocycles. The second-order valence-electron chi connectivity index (χ2n) is 5.48. The maximum Gasteiger partial charge on any atom is 0.274 e. The molecule has 1 heterocycles. The third-order valence-electron chi connectivity index (χ3n) is 4.08. The van der Waals surface area contributed by atoms with Crippen LogP contribution in [0.3, 0.4) is 0 Å².